The van der Waals surface area contributed by atoms with Crippen molar-refractivity contribution < 1.29 is 27.8 Å². The van der Waals surface area contributed by atoms with Crippen LogP contribution in [0.15, 0.2) is 0 Å². The van der Waals surface area contributed by atoms with Crippen LogP contribution in [-0.4, -0.2) is 30.2 Å². The molecule has 1 unspecified atom stereocenters. The maximum atomic E-state index is 11.4. The summed E-state index contributed by atoms with van der Waals surface area (Å²) in [6.07, 6.45) is -6.10. The first-order valence-corrected chi connectivity index (χ1v) is 3.01. The molecule has 2 N–H and O–H groups in total. The Hall–Kier alpha value is -0.980. The van der Waals surface area contributed by atoms with E-state index in [0.29, 0.717) is 0 Å². The van der Waals surface area contributed by atoms with E-state index >= 15 is 0 Å². The smallest absolute Gasteiger partial charge is 0.465 e. The van der Waals surface area contributed by atoms with Gasteiger partial charge in [-0.25, -0.2) is 4.79 Å². The van der Waals surface area contributed by atoms with E-state index in [9.17, 15) is 18.0 Å². The van der Waals surface area contributed by atoms with Gasteiger partial charge in [0.25, 0.3) is 0 Å². The zero-order valence-electron chi connectivity index (χ0n) is 6.18. The molecule has 1 atom stereocenters. The molecule has 0 saturated heterocycles. The highest BCUT2D eigenvalue weighted by atomic mass is 19.4. The van der Waals surface area contributed by atoms with Gasteiger partial charge in [0.05, 0.1) is 12.6 Å². The SMILES string of the molecule is CC(COC(F)(F)F)NC(=O)O. The lowest BCUT2D eigenvalue weighted by atomic mass is 10.4. The van der Waals surface area contributed by atoms with Crippen molar-refractivity contribution in [3.63, 3.8) is 0 Å². The second kappa shape index (κ2) is 4.15. The van der Waals surface area contributed by atoms with Gasteiger partial charge in [0.2, 0.25) is 0 Å². The molecule has 7 heteroatoms. The fourth-order valence-electron chi connectivity index (χ4n) is 0.472. The van der Waals surface area contributed by atoms with Crippen LogP contribution in [0.1, 0.15) is 6.92 Å². The van der Waals surface area contributed by atoms with Crippen LogP contribution in [0.2, 0.25) is 0 Å². The first-order valence-electron chi connectivity index (χ1n) is 3.01. The number of alkyl halides is 3. The van der Waals surface area contributed by atoms with E-state index in [1.54, 1.807) is 5.32 Å². The summed E-state index contributed by atoms with van der Waals surface area (Å²) in [7, 11) is 0. The van der Waals surface area contributed by atoms with Gasteiger partial charge in [-0.3, -0.25) is 4.74 Å². The van der Waals surface area contributed by atoms with Gasteiger partial charge < -0.3 is 10.4 Å². The maximum absolute atomic E-state index is 11.4. The van der Waals surface area contributed by atoms with E-state index < -0.39 is 25.1 Å². The van der Waals surface area contributed by atoms with Crippen LogP contribution < -0.4 is 5.32 Å². The minimum atomic E-state index is -4.71. The molecule has 0 radical (unpaired) electrons. The lowest BCUT2D eigenvalue weighted by Gasteiger charge is -2.12. The van der Waals surface area contributed by atoms with E-state index in [1.807, 2.05) is 0 Å². The Morgan fingerprint density at radius 2 is 2.17 bits per heavy atom. The topological polar surface area (TPSA) is 58.6 Å². The molecule has 72 valence electrons. The van der Waals surface area contributed by atoms with Crippen molar-refractivity contribution in [2.75, 3.05) is 6.61 Å². The van der Waals surface area contributed by atoms with Gasteiger partial charge in [0, 0.05) is 0 Å². The number of amides is 1. The molecule has 0 aliphatic heterocycles. The summed E-state index contributed by atoms with van der Waals surface area (Å²) in [6, 6.07) is -0.885. The van der Waals surface area contributed by atoms with Crippen molar-refractivity contribution >= 4 is 6.09 Å². The molecule has 0 aromatic heterocycles. The summed E-state index contributed by atoms with van der Waals surface area (Å²) in [4.78, 5) is 9.89. The minimum absolute atomic E-state index is 0.726. The molecule has 0 aromatic carbocycles. The summed E-state index contributed by atoms with van der Waals surface area (Å²) >= 11 is 0. The van der Waals surface area contributed by atoms with E-state index in [2.05, 4.69) is 4.74 Å². The average molecular weight is 187 g/mol. The van der Waals surface area contributed by atoms with Gasteiger partial charge in [0.1, 0.15) is 0 Å². The molecule has 0 saturated carbocycles. The summed E-state index contributed by atoms with van der Waals surface area (Å²) < 4.78 is 37.4. The number of hydrogen-bond acceptors (Lipinski definition) is 2. The zero-order valence-corrected chi connectivity index (χ0v) is 6.18. The quantitative estimate of drug-likeness (QED) is 0.697. The number of nitrogens with one attached hydrogen (secondary N) is 1. The molecule has 12 heavy (non-hydrogen) atoms. The molecule has 0 aliphatic rings. The molecule has 4 nitrogen and oxygen atoms in total. The minimum Gasteiger partial charge on any atom is -0.465 e. The average Bonchev–Trinajstić information content (AvgIpc) is 1.80. The van der Waals surface area contributed by atoms with Gasteiger partial charge in [-0.1, -0.05) is 0 Å². The molecule has 0 aromatic rings. The Kier molecular flexibility index (Phi) is 3.81. The molecule has 0 aliphatic carbocycles. The molecule has 0 heterocycles. The van der Waals surface area contributed by atoms with Crippen molar-refractivity contribution in [2.24, 2.45) is 0 Å². The molecule has 0 spiro atoms. The predicted molar refractivity (Wildman–Crippen MR) is 32.6 cm³/mol. The van der Waals surface area contributed by atoms with Crippen molar-refractivity contribution in [1.82, 2.24) is 5.32 Å². The number of rotatable bonds is 3. The molecular formula is C5H8F3NO3. The predicted octanol–water partition coefficient (Wildman–Crippen LogP) is 1.18. The third-order valence-corrected chi connectivity index (χ3v) is 0.867. The number of ether oxygens (including phenoxy) is 1. The Bertz CT molecular complexity index is 159. The highest BCUT2D eigenvalue weighted by Crippen LogP contribution is 2.15. The second-order valence-corrected chi connectivity index (χ2v) is 2.11. The lowest BCUT2D eigenvalue weighted by Crippen LogP contribution is -2.36. The van der Waals surface area contributed by atoms with Gasteiger partial charge in [-0.15, -0.1) is 13.2 Å². The molecule has 1 amide bonds. The standard InChI is InChI=1S/C5H8F3NO3/c1-3(9-4(10)11)2-12-5(6,7)8/h3,9H,2H2,1H3,(H,10,11). The Labute approximate surface area is 66.3 Å². The number of hydrogen-bond donors (Lipinski definition) is 2. The normalized spacial score (nSPS) is 14.0. The first-order chi connectivity index (χ1) is 5.31. The zero-order chi connectivity index (χ0) is 9.78. The molecular weight excluding hydrogens is 179 g/mol. The second-order valence-electron chi connectivity index (χ2n) is 2.11. The third kappa shape index (κ3) is 7.13. The van der Waals surface area contributed by atoms with E-state index in [-0.39, 0.29) is 0 Å². The van der Waals surface area contributed by atoms with Crippen molar-refractivity contribution in [2.45, 2.75) is 19.3 Å². The monoisotopic (exact) mass is 187 g/mol. The fraction of sp³-hybridized carbons (Fsp3) is 0.800. The number of carbonyl (C=O) groups is 1. The fourth-order valence-corrected chi connectivity index (χ4v) is 0.472. The van der Waals surface area contributed by atoms with Crippen molar-refractivity contribution in [3.8, 4) is 0 Å². The van der Waals surface area contributed by atoms with Gasteiger partial charge >= 0.3 is 12.5 Å². The molecule has 0 rings (SSSR count). The summed E-state index contributed by atoms with van der Waals surface area (Å²) in [5, 5.41) is 9.87. The van der Waals surface area contributed by atoms with E-state index in [1.165, 1.54) is 6.92 Å². The summed E-state index contributed by atoms with van der Waals surface area (Å²) in [5.74, 6) is 0. The number of carboxylic acid groups (broad SMARTS) is 1. The summed E-state index contributed by atoms with van der Waals surface area (Å²) in [5.41, 5.74) is 0. The van der Waals surface area contributed by atoms with Crippen LogP contribution >= 0.6 is 0 Å². The Balaban J connectivity index is 3.57. The van der Waals surface area contributed by atoms with Gasteiger partial charge in [-0.05, 0) is 6.92 Å². The van der Waals surface area contributed by atoms with Gasteiger partial charge in [-0.2, -0.15) is 0 Å². The van der Waals surface area contributed by atoms with Crippen LogP contribution in [0.3, 0.4) is 0 Å². The van der Waals surface area contributed by atoms with Crippen LogP contribution in [0.4, 0.5) is 18.0 Å². The van der Waals surface area contributed by atoms with Crippen molar-refractivity contribution in [1.29, 1.82) is 0 Å². The first kappa shape index (κ1) is 11.0. The molecule has 0 fully saturated rings. The Morgan fingerprint density at radius 1 is 1.67 bits per heavy atom. The highest BCUT2D eigenvalue weighted by Gasteiger charge is 2.29. The van der Waals surface area contributed by atoms with E-state index in [0.717, 1.165) is 0 Å². The summed E-state index contributed by atoms with van der Waals surface area (Å²) in [6.45, 7) is 0.537. The van der Waals surface area contributed by atoms with E-state index in [4.69, 9.17) is 5.11 Å². The lowest BCUT2D eigenvalue weighted by molar-refractivity contribution is -0.325. The van der Waals surface area contributed by atoms with Crippen LogP contribution in [-0.2, 0) is 4.74 Å². The maximum Gasteiger partial charge on any atom is 0.522 e. The van der Waals surface area contributed by atoms with Crippen LogP contribution in [0.5, 0.6) is 0 Å². The molecule has 0 bridgehead atoms. The third-order valence-electron chi connectivity index (χ3n) is 0.867. The van der Waals surface area contributed by atoms with Crippen molar-refractivity contribution in [3.05, 3.63) is 0 Å². The van der Waals surface area contributed by atoms with Crippen LogP contribution in [0, 0.1) is 0 Å². The van der Waals surface area contributed by atoms with Crippen LogP contribution in [0.25, 0.3) is 0 Å². The largest absolute Gasteiger partial charge is 0.522 e. The Morgan fingerprint density at radius 3 is 2.50 bits per heavy atom. The highest BCUT2D eigenvalue weighted by molar-refractivity contribution is 5.64. The van der Waals surface area contributed by atoms with Gasteiger partial charge in [0.15, 0.2) is 0 Å². The number of halogens is 3.